The molecule has 4 aromatic heterocycles. The minimum absolute atomic E-state index is 0.317. The van der Waals surface area contributed by atoms with E-state index in [9.17, 15) is 10.2 Å². The monoisotopic (exact) mass is 631 g/mol. The van der Waals surface area contributed by atoms with Gasteiger partial charge in [-0.25, -0.2) is 9.97 Å². The number of pyridine rings is 1. The van der Waals surface area contributed by atoms with E-state index in [4.69, 9.17) is 19.8 Å². The average molecular weight is 632 g/mol. The van der Waals surface area contributed by atoms with Gasteiger partial charge in [-0.15, -0.1) is 0 Å². The zero-order chi connectivity index (χ0) is 32.4. The molecule has 242 valence electrons. The van der Waals surface area contributed by atoms with Crippen LogP contribution < -0.4 is 4.74 Å². The molecule has 0 bridgehead atoms. The Morgan fingerprint density at radius 3 is 2.43 bits per heavy atom. The zero-order valence-corrected chi connectivity index (χ0v) is 27.4. The van der Waals surface area contributed by atoms with Crippen molar-refractivity contribution >= 4 is 21.9 Å². The Balaban J connectivity index is 1.10. The van der Waals surface area contributed by atoms with Crippen molar-refractivity contribution in [3.05, 3.63) is 77.9 Å². The molecule has 2 aliphatic carbocycles. The second kappa shape index (κ2) is 11.3. The number of aryl methyl sites for hydroxylation is 1. The van der Waals surface area contributed by atoms with Crippen LogP contribution in [0.25, 0.3) is 44.6 Å². The van der Waals surface area contributed by atoms with Gasteiger partial charge in [0, 0.05) is 72.3 Å². The van der Waals surface area contributed by atoms with Crippen LogP contribution in [0, 0.1) is 0 Å². The first-order chi connectivity index (χ1) is 22.6. The summed E-state index contributed by atoms with van der Waals surface area (Å²) < 4.78 is 11.7. The molecule has 10 heteroatoms. The van der Waals surface area contributed by atoms with Crippen molar-refractivity contribution in [2.24, 2.45) is 14.1 Å². The van der Waals surface area contributed by atoms with E-state index in [2.05, 4.69) is 28.8 Å². The van der Waals surface area contributed by atoms with Crippen LogP contribution in [-0.2, 0) is 20.6 Å². The van der Waals surface area contributed by atoms with Crippen LogP contribution in [0.4, 0.5) is 0 Å². The van der Waals surface area contributed by atoms with Crippen molar-refractivity contribution < 1.29 is 14.9 Å². The third-order valence-electron chi connectivity index (χ3n) is 9.41. The largest absolute Gasteiger partial charge is 0.493 e. The molecule has 0 aliphatic heterocycles. The summed E-state index contributed by atoms with van der Waals surface area (Å²) in [7, 11) is 4.09. The fourth-order valence-corrected chi connectivity index (χ4v) is 6.59. The molecule has 10 nitrogen and oxygen atoms in total. The van der Waals surface area contributed by atoms with Gasteiger partial charge in [-0.3, -0.25) is 9.36 Å². The molecule has 8 rings (SSSR count). The third-order valence-corrected chi connectivity index (χ3v) is 9.41. The number of nitrogens with zero attached hydrogens (tertiary/aromatic N) is 7. The van der Waals surface area contributed by atoms with Crippen molar-refractivity contribution in [2.45, 2.75) is 76.0 Å². The first kappa shape index (κ1) is 29.8. The van der Waals surface area contributed by atoms with E-state index in [1.165, 1.54) is 5.69 Å². The Morgan fingerprint density at radius 2 is 1.70 bits per heavy atom. The van der Waals surface area contributed by atoms with Gasteiger partial charge in [0.05, 0.1) is 41.8 Å². The van der Waals surface area contributed by atoms with Crippen LogP contribution in [0.15, 0.2) is 60.9 Å². The van der Waals surface area contributed by atoms with Gasteiger partial charge < -0.3 is 19.5 Å². The smallest absolute Gasteiger partial charge is 0.181 e. The maximum Gasteiger partial charge on any atom is 0.181 e. The summed E-state index contributed by atoms with van der Waals surface area (Å²) in [5.74, 6) is 2.59. The summed E-state index contributed by atoms with van der Waals surface area (Å²) in [6, 6.07) is 15.9. The number of aliphatic hydroxyl groups excluding tert-OH is 1. The van der Waals surface area contributed by atoms with E-state index in [0.717, 1.165) is 81.5 Å². The number of hydrogen-bond donors (Lipinski definition) is 2. The molecule has 6 aromatic rings. The van der Waals surface area contributed by atoms with Crippen molar-refractivity contribution in [1.29, 1.82) is 0 Å². The van der Waals surface area contributed by atoms with Crippen LogP contribution in [0.5, 0.6) is 5.75 Å². The molecule has 2 fully saturated rings. The minimum Gasteiger partial charge on any atom is -0.493 e. The Hall–Kier alpha value is -4.54. The fourth-order valence-electron chi connectivity index (χ4n) is 6.59. The summed E-state index contributed by atoms with van der Waals surface area (Å²) in [5.41, 5.74) is 7.21. The summed E-state index contributed by atoms with van der Waals surface area (Å²) in [6.45, 7) is 4.27. The number of imidazole rings is 1. The third kappa shape index (κ3) is 5.92. The van der Waals surface area contributed by atoms with Gasteiger partial charge in [0.2, 0.25) is 0 Å². The molecule has 2 aliphatic rings. The average Bonchev–Trinajstić information content (AvgIpc) is 3.95. The first-order valence-electron chi connectivity index (χ1n) is 16.6. The molecular weight excluding hydrogens is 590 g/mol. The van der Waals surface area contributed by atoms with Crippen molar-refractivity contribution in [1.82, 2.24) is 34.1 Å². The van der Waals surface area contributed by atoms with Crippen LogP contribution in [0.3, 0.4) is 0 Å². The predicted molar refractivity (Wildman–Crippen MR) is 181 cm³/mol. The highest BCUT2D eigenvalue weighted by Gasteiger charge is 2.35. The summed E-state index contributed by atoms with van der Waals surface area (Å²) in [6.07, 6.45) is 8.47. The molecule has 0 spiro atoms. The van der Waals surface area contributed by atoms with Crippen LogP contribution >= 0.6 is 0 Å². The van der Waals surface area contributed by atoms with Crippen molar-refractivity contribution in [3.63, 3.8) is 0 Å². The topological polar surface area (TPSA) is 116 Å². The molecule has 47 heavy (non-hydrogen) atoms. The second-order valence-electron chi connectivity index (χ2n) is 14.0. The molecule has 0 amide bonds. The standard InChI is InChI=1S/C37H41N7O3/c1-37(2,46)16-17-47-26-14-12-22(13-15-26)31(45)21-44-20-29-27(6-5-7-30(29)40-44)33-34(24-10-11-24)43(4)36(39-33)28-18-25-19-42(3)41-35(25)38-32(28)23-8-9-23/h5-7,12-15,18-20,23-24,31,45-46H,8-11,16-17,21H2,1-4H3/t31-/m0/s1. The van der Waals surface area contributed by atoms with Crippen LogP contribution in [0.2, 0.25) is 0 Å². The maximum atomic E-state index is 11.1. The van der Waals surface area contributed by atoms with Gasteiger partial charge in [0.1, 0.15) is 11.6 Å². The van der Waals surface area contributed by atoms with E-state index in [1.54, 1.807) is 13.8 Å². The summed E-state index contributed by atoms with van der Waals surface area (Å²) >= 11 is 0. The summed E-state index contributed by atoms with van der Waals surface area (Å²) in [4.78, 5) is 10.4. The van der Waals surface area contributed by atoms with Crippen LogP contribution in [0.1, 0.15) is 80.8 Å². The number of aliphatic hydroxyl groups is 2. The molecule has 0 radical (unpaired) electrons. The van der Waals surface area contributed by atoms with E-state index in [0.29, 0.717) is 37.2 Å². The van der Waals surface area contributed by atoms with Gasteiger partial charge in [-0.1, -0.05) is 24.3 Å². The Bertz CT molecular complexity index is 2090. The predicted octanol–water partition coefficient (Wildman–Crippen LogP) is 6.41. The fraction of sp³-hybridized carbons (Fsp3) is 0.405. The normalized spacial score (nSPS) is 16.0. The lowest BCUT2D eigenvalue weighted by Crippen LogP contribution is -2.21. The highest BCUT2D eigenvalue weighted by molar-refractivity contribution is 5.95. The zero-order valence-electron chi connectivity index (χ0n) is 27.4. The van der Waals surface area contributed by atoms with Gasteiger partial charge >= 0.3 is 0 Å². The molecule has 2 aromatic carbocycles. The molecule has 4 heterocycles. The van der Waals surface area contributed by atoms with E-state index >= 15 is 0 Å². The van der Waals surface area contributed by atoms with Gasteiger partial charge in [-0.2, -0.15) is 10.2 Å². The lowest BCUT2D eigenvalue weighted by Gasteiger charge is -2.17. The molecular formula is C37H41N7O3. The van der Waals surface area contributed by atoms with Crippen LogP contribution in [-0.4, -0.2) is 56.5 Å². The lowest BCUT2D eigenvalue weighted by atomic mass is 10.0. The van der Waals surface area contributed by atoms with E-state index in [-0.39, 0.29) is 0 Å². The maximum absolute atomic E-state index is 11.1. The Kier molecular flexibility index (Phi) is 7.18. The quantitative estimate of drug-likeness (QED) is 0.170. The number of rotatable bonds is 11. The minimum atomic E-state index is -0.770. The van der Waals surface area contributed by atoms with E-state index in [1.807, 2.05) is 65.2 Å². The number of aromatic nitrogens is 7. The van der Waals surface area contributed by atoms with Crippen molar-refractivity contribution in [3.8, 4) is 28.4 Å². The number of hydrogen-bond acceptors (Lipinski definition) is 7. The molecule has 2 saturated carbocycles. The SMILES string of the molecule is Cn1cc2cc(-c3nc(-c4cccc5nn(C[C@H](O)c6ccc(OCCC(C)(C)O)cc6)cc45)c(C4CC4)n3C)c(C3CC3)nc2n1. The van der Waals surface area contributed by atoms with Gasteiger partial charge in [0.25, 0.3) is 0 Å². The molecule has 0 unspecified atom stereocenters. The molecule has 2 N–H and O–H groups in total. The highest BCUT2D eigenvalue weighted by Crippen LogP contribution is 2.49. The second-order valence-corrected chi connectivity index (χ2v) is 14.0. The van der Waals surface area contributed by atoms with Gasteiger partial charge in [-0.05, 0) is 69.4 Å². The molecule has 0 saturated heterocycles. The number of benzene rings is 2. The first-order valence-corrected chi connectivity index (χ1v) is 16.6. The molecule has 1 atom stereocenters. The Morgan fingerprint density at radius 1 is 0.936 bits per heavy atom. The lowest BCUT2D eigenvalue weighted by molar-refractivity contribution is 0.0553. The number of ether oxygens (including phenoxy) is 1. The highest BCUT2D eigenvalue weighted by atomic mass is 16.5. The van der Waals surface area contributed by atoms with Gasteiger partial charge in [0.15, 0.2) is 5.65 Å². The van der Waals surface area contributed by atoms with Crippen molar-refractivity contribution in [2.75, 3.05) is 6.61 Å². The summed E-state index contributed by atoms with van der Waals surface area (Å²) in [5, 5.41) is 32.6. The Labute approximate surface area is 273 Å². The number of fused-ring (bicyclic) bond motifs is 2. The van der Waals surface area contributed by atoms with E-state index < -0.39 is 11.7 Å².